The highest BCUT2D eigenvalue weighted by molar-refractivity contribution is 5.73. The molecule has 4 nitrogen and oxygen atoms in total. The molecule has 1 amide bonds. The fourth-order valence-electron chi connectivity index (χ4n) is 2.17. The van der Waals surface area contributed by atoms with Gasteiger partial charge in [0.05, 0.1) is 13.0 Å². The summed E-state index contributed by atoms with van der Waals surface area (Å²) in [6.45, 7) is 0.323. The van der Waals surface area contributed by atoms with E-state index in [0.29, 0.717) is 6.61 Å². The van der Waals surface area contributed by atoms with Gasteiger partial charge in [-0.15, -0.1) is 0 Å². The summed E-state index contributed by atoms with van der Waals surface area (Å²) in [5.74, 6) is 0.419. The number of hydrogen-bond donors (Lipinski definition) is 2. The molecule has 0 unspecified atom stereocenters. The summed E-state index contributed by atoms with van der Waals surface area (Å²) in [5, 5.41) is 0. The van der Waals surface area contributed by atoms with Gasteiger partial charge in [-0.1, -0.05) is 6.07 Å². The van der Waals surface area contributed by atoms with Crippen molar-refractivity contribution in [1.29, 1.82) is 0 Å². The maximum Gasteiger partial charge on any atom is 0.220 e. The SMILES string of the molecule is NC(=O)CCOc1ccc2c(c1)[C@H](N)CCC2. The molecule has 0 heterocycles. The largest absolute Gasteiger partial charge is 0.493 e. The molecule has 0 radical (unpaired) electrons. The second-order valence-corrected chi connectivity index (χ2v) is 4.42. The number of carbonyl (C=O) groups is 1. The van der Waals surface area contributed by atoms with Crippen molar-refractivity contribution in [2.75, 3.05) is 6.61 Å². The molecule has 4 N–H and O–H groups in total. The Bertz CT molecular complexity index is 418. The number of amides is 1. The van der Waals surface area contributed by atoms with Gasteiger partial charge in [0, 0.05) is 6.04 Å². The van der Waals surface area contributed by atoms with Crippen LogP contribution in [0.2, 0.25) is 0 Å². The average molecular weight is 234 g/mol. The Morgan fingerprint density at radius 1 is 1.47 bits per heavy atom. The summed E-state index contributed by atoms with van der Waals surface area (Å²) in [6, 6.07) is 6.09. The van der Waals surface area contributed by atoms with Gasteiger partial charge in [-0.2, -0.15) is 0 Å². The van der Waals surface area contributed by atoms with Crippen molar-refractivity contribution >= 4 is 5.91 Å². The Labute approximate surface area is 101 Å². The number of nitrogens with two attached hydrogens (primary N) is 2. The van der Waals surface area contributed by atoms with E-state index >= 15 is 0 Å². The molecule has 4 heteroatoms. The lowest BCUT2D eigenvalue weighted by Crippen LogP contribution is -2.18. The van der Waals surface area contributed by atoms with Crippen LogP contribution in [0.15, 0.2) is 18.2 Å². The van der Waals surface area contributed by atoms with Crippen LogP contribution in [0.5, 0.6) is 5.75 Å². The molecular formula is C13H18N2O2. The summed E-state index contributed by atoms with van der Waals surface area (Å²) < 4.78 is 5.47. The van der Waals surface area contributed by atoms with Crippen LogP contribution >= 0.6 is 0 Å². The van der Waals surface area contributed by atoms with E-state index in [9.17, 15) is 4.79 Å². The van der Waals surface area contributed by atoms with Gasteiger partial charge in [0.25, 0.3) is 0 Å². The molecule has 0 fully saturated rings. The molecule has 0 bridgehead atoms. The van der Waals surface area contributed by atoms with Crippen molar-refractivity contribution in [2.24, 2.45) is 11.5 Å². The Hall–Kier alpha value is -1.55. The Morgan fingerprint density at radius 3 is 3.06 bits per heavy atom. The Morgan fingerprint density at radius 2 is 2.29 bits per heavy atom. The quantitative estimate of drug-likeness (QED) is 0.823. The molecule has 1 aromatic carbocycles. The molecule has 1 atom stereocenters. The van der Waals surface area contributed by atoms with Gasteiger partial charge >= 0.3 is 0 Å². The fourth-order valence-corrected chi connectivity index (χ4v) is 2.17. The molecule has 17 heavy (non-hydrogen) atoms. The first-order valence-corrected chi connectivity index (χ1v) is 5.96. The summed E-state index contributed by atoms with van der Waals surface area (Å²) >= 11 is 0. The number of primary amides is 1. The van der Waals surface area contributed by atoms with E-state index in [2.05, 4.69) is 6.07 Å². The molecule has 92 valence electrons. The monoisotopic (exact) mass is 234 g/mol. The van der Waals surface area contributed by atoms with Crippen molar-refractivity contribution in [3.05, 3.63) is 29.3 Å². The molecule has 0 spiro atoms. The van der Waals surface area contributed by atoms with Gasteiger partial charge in [-0.3, -0.25) is 4.79 Å². The third kappa shape index (κ3) is 2.97. The third-order valence-electron chi connectivity index (χ3n) is 3.10. The van der Waals surface area contributed by atoms with Crippen molar-refractivity contribution < 1.29 is 9.53 Å². The van der Waals surface area contributed by atoms with Crippen LogP contribution in [0.25, 0.3) is 0 Å². The Balaban J connectivity index is 2.04. The number of carbonyl (C=O) groups excluding carboxylic acids is 1. The number of rotatable bonds is 4. The van der Waals surface area contributed by atoms with Gasteiger partial charge < -0.3 is 16.2 Å². The smallest absolute Gasteiger partial charge is 0.220 e. The predicted molar refractivity (Wildman–Crippen MR) is 65.6 cm³/mol. The highest BCUT2D eigenvalue weighted by atomic mass is 16.5. The summed E-state index contributed by atoms with van der Waals surface area (Å²) in [4.78, 5) is 10.6. The molecule has 0 aromatic heterocycles. The molecule has 0 aliphatic heterocycles. The minimum atomic E-state index is -0.348. The zero-order chi connectivity index (χ0) is 12.3. The number of fused-ring (bicyclic) bond motifs is 1. The first-order chi connectivity index (χ1) is 8.16. The number of benzene rings is 1. The van der Waals surface area contributed by atoms with E-state index in [1.54, 1.807) is 0 Å². The van der Waals surface area contributed by atoms with Crippen LogP contribution in [0, 0.1) is 0 Å². The van der Waals surface area contributed by atoms with Gasteiger partial charge in [0.15, 0.2) is 0 Å². The third-order valence-corrected chi connectivity index (χ3v) is 3.10. The number of hydrogen-bond acceptors (Lipinski definition) is 3. The first kappa shape index (κ1) is 11.9. The van der Waals surface area contributed by atoms with Crippen LogP contribution in [0.1, 0.15) is 36.4 Å². The van der Waals surface area contributed by atoms with E-state index in [0.717, 1.165) is 25.0 Å². The van der Waals surface area contributed by atoms with E-state index in [-0.39, 0.29) is 18.4 Å². The topological polar surface area (TPSA) is 78.3 Å². The molecule has 1 aliphatic carbocycles. The highest BCUT2D eigenvalue weighted by Gasteiger charge is 2.17. The van der Waals surface area contributed by atoms with Crippen LogP contribution < -0.4 is 16.2 Å². The second kappa shape index (κ2) is 5.19. The normalized spacial score (nSPS) is 18.5. The van der Waals surface area contributed by atoms with Crippen LogP contribution in [-0.2, 0) is 11.2 Å². The minimum Gasteiger partial charge on any atom is -0.493 e. The van der Waals surface area contributed by atoms with E-state index in [1.807, 2.05) is 12.1 Å². The van der Waals surface area contributed by atoms with Crippen molar-refractivity contribution in [2.45, 2.75) is 31.7 Å². The molecule has 1 aromatic rings. The number of ether oxygens (including phenoxy) is 1. The standard InChI is InChI=1S/C13H18N2O2/c14-12-3-1-2-9-4-5-10(8-11(9)12)17-7-6-13(15)16/h4-5,8,12H,1-3,6-7,14H2,(H2,15,16)/t12-/m1/s1. The summed E-state index contributed by atoms with van der Waals surface area (Å²) in [6.07, 6.45) is 3.50. The zero-order valence-corrected chi connectivity index (χ0v) is 9.82. The zero-order valence-electron chi connectivity index (χ0n) is 9.82. The molecule has 1 aliphatic rings. The lowest BCUT2D eigenvalue weighted by molar-refractivity contribution is -0.118. The molecular weight excluding hydrogens is 216 g/mol. The van der Waals surface area contributed by atoms with Gasteiger partial charge in [-0.25, -0.2) is 0 Å². The van der Waals surface area contributed by atoms with Crippen molar-refractivity contribution in [1.82, 2.24) is 0 Å². The van der Waals surface area contributed by atoms with E-state index in [4.69, 9.17) is 16.2 Å². The molecule has 2 rings (SSSR count). The minimum absolute atomic E-state index is 0.110. The van der Waals surface area contributed by atoms with Crippen LogP contribution in [-0.4, -0.2) is 12.5 Å². The van der Waals surface area contributed by atoms with Crippen molar-refractivity contribution in [3.8, 4) is 5.75 Å². The average Bonchev–Trinajstić information content (AvgIpc) is 2.30. The second-order valence-electron chi connectivity index (χ2n) is 4.42. The first-order valence-electron chi connectivity index (χ1n) is 5.96. The van der Waals surface area contributed by atoms with Gasteiger partial charge in [0.1, 0.15) is 5.75 Å². The lowest BCUT2D eigenvalue weighted by Gasteiger charge is -2.22. The summed E-state index contributed by atoms with van der Waals surface area (Å²) in [5.41, 5.74) is 13.6. The van der Waals surface area contributed by atoms with Crippen LogP contribution in [0.4, 0.5) is 0 Å². The van der Waals surface area contributed by atoms with E-state index in [1.165, 1.54) is 11.1 Å². The van der Waals surface area contributed by atoms with Crippen molar-refractivity contribution in [3.63, 3.8) is 0 Å². The fraction of sp³-hybridized carbons (Fsp3) is 0.462. The molecule has 0 saturated heterocycles. The predicted octanol–water partition coefficient (Wildman–Crippen LogP) is 1.28. The maximum absolute atomic E-state index is 10.6. The van der Waals surface area contributed by atoms with Gasteiger partial charge in [0.2, 0.25) is 5.91 Å². The van der Waals surface area contributed by atoms with Crippen LogP contribution in [0.3, 0.4) is 0 Å². The maximum atomic E-state index is 10.6. The lowest BCUT2D eigenvalue weighted by atomic mass is 9.88. The molecule has 0 saturated carbocycles. The van der Waals surface area contributed by atoms with Gasteiger partial charge in [-0.05, 0) is 42.5 Å². The van der Waals surface area contributed by atoms with E-state index < -0.39 is 0 Å². The highest BCUT2D eigenvalue weighted by Crippen LogP contribution is 2.30. The number of aryl methyl sites for hydroxylation is 1. The summed E-state index contributed by atoms with van der Waals surface area (Å²) in [7, 11) is 0. The Kier molecular flexibility index (Phi) is 3.64.